The van der Waals surface area contributed by atoms with E-state index in [1.807, 2.05) is 36.2 Å². The van der Waals surface area contributed by atoms with Crippen molar-refractivity contribution in [2.24, 2.45) is 5.92 Å². The Morgan fingerprint density at radius 3 is 2.71 bits per heavy atom. The highest BCUT2D eigenvalue weighted by Gasteiger charge is 2.24. The highest BCUT2D eigenvalue weighted by molar-refractivity contribution is 5.95. The number of amides is 1. The van der Waals surface area contributed by atoms with Gasteiger partial charge in [0, 0.05) is 18.7 Å². The Bertz CT molecular complexity index is 638. The van der Waals surface area contributed by atoms with Gasteiger partial charge in [-0.25, -0.2) is 9.67 Å². The Kier molecular flexibility index (Phi) is 6.75. The molecule has 2 aromatic rings. The van der Waals surface area contributed by atoms with Gasteiger partial charge in [-0.1, -0.05) is 18.2 Å². The summed E-state index contributed by atoms with van der Waals surface area (Å²) < 4.78 is 1.74. The van der Waals surface area contributed by atoms with E-state index in [1.54, 1.807) is 11.0 Å². The number of hydrogen-bond donors (Lipinski definition) is 1. The molecule has 1 aromatic heterocycles. The number of rotatable bonds is 5. The summed E-state index contributed by atoms with van der Waals surface area (Å²) in [6, 6.07) is 7.78. The molecule has 1 N–H and O–H groups in total. The highest BCUT2D eigenvalue weighted by atomic mass is 35.5. The van der Waals surface area contributed by atoms with Crippen LogP contribution in [-0.2, 0) is 6.54 Å². The van der Waals surface area contributed by atoms with Crippen LogP contribution in [0.3, 0.4) is 0 Å². The van der Waals surface area contributed by atoms with E-state index in [-0.39, 0.29) is 18.3 Å². The summed E-state index contributed by atoms with van der Waals surface area (Å²) in [6.07, 6.45) is 5.32. The van der Waals surface area contributed by atoms with Crippen LogP contribution in [-0.4, -0.2) is 52.3 Å². The van der Waals surface area contributed by atoms with Crippen molar-refractivity contribution in [3.8, 4) is 0 Å². The molecule has 130 valence electrons. The van der Waals surface area contributed by atoms with Gasteiger partial charge >= 0.3 is 0 Å². The normalized spacial score (nSPS) is 15.1. The Morgan fingerprint density at radius 2 is 2.04 bits per heavy atom. The summed E-state index contributed by atoms with van der Waals surface area (Å²) in [4.78, 5) is 18.8. The summed E-state index contributed by atoms with van der Waals surface area (Å²) in [7, 11) is 1.98. The number of nitrogens with zero attached hydrogens (tertiary/aromatic N) is 4. The van der Waals surface area contributed by atoms with Gasteiger partial charge in [-0.3, -0.25) is 4.79 Å². The molecule has 0 atom stereocenters. The lowest BCUT2D eigenvalue weighted by Gasteiger charge is -2.32. The highest BCUT2D eigenvalue weighted by Crippen LogP contribution is 2.20. The van der Waals surface area contributed by atoms with E-state index >= 15 is 0 Å². The maximum Gasteiger partial charge on any atom is 0.254 e. The van der Waals surface area contributed by atoms with Crippen molar-refractivity contribution in [2.45, 2.75) is 19.4 Å². The lowest BCUT2D eigenvalue weighted by molar-refractivity contribution is 0.0689. The predicted octanol–water partition coefficient (Wildman–Crippen LogP) is 1.82. The molecule has 0 aliphatic carbocycles. The molecule has 0 bridgehead atoms. The summed E-state index contributed by atoms with van der Waals surface area (Å²) in [6.45, 7) is 3.27. The van der Waals surface area contributed by atoms with E-state index in [1.165, 1.54) is 6.33 Å². The SMILES string of the molecule is CNCC1CCN(C(=O)c2ccccc2Cn2cncn2)CC1.Cl. The largest absolute Gasteiger partial charge is 0.339 e. The van der Waals surface area contributed by atoms with Crippen molar-refractivity contribution in [1.29, 1.82) is 0 Å². The van der Waals surface area contributed by atoms with Crippen LogP contribution in [0.15, 0.2) is 36.9 Å². The molecule has 3 rings (SSSR count). The fourth-order valence-electron chi connectivity index (χ4n) is 3.15. The van der Waals surface area contributed by atoms with E-state index in [9.17, 15) is 4.79 Å². The zero-order chi connectivity index (χ0) is 16.1. The van der Waals surface area contributed by atoms with Crippen LogP contribution >= 0.6 is 12.4 Å². The van der Waals surface area contributed by atoms with Crippen LogP contribution in [0.1, 0.15) is 28.8 Å². The monoisotopic (exact) mass is 349 g/mol. The summed E-state index contributed by atoms with van der Waals surface area (Å²) >= 11 is 0. The topological polar surface area (TPSA) is 63.1 Å². The number of halogens is 1. The molecule has 1 saturated heterocycles. The number of hydrogen-bond acceptors (Lipinski definition) is 4. The van der Waals surface area contributed by atoms with Crippen LogP contribution in [0.4, 0.5) is 0 Å². The summed E-state index contributed by atoms with van der Waals surface area (Å²) in [5.74, 6) is 0.804. The molecule has 1 aliphatic heterocycles. The van der Waals surface area contributed by atoms with E-state index in [4.69, 9.17) is 0 Å². The molecular formula is C17H24ClN5O. The molecule has 0 saturated carbocycles. The number of carbonyl (C=O) groups is 1. The first-order valence-electron chi connectivity index (χ1n) is 8.12. The van der Waals surface area contributed by atoms with Gasteiger partial charge in [-0.05, 0) is 44.0 Å². The van der Waals surface area contributed by atoms with Crippen molar-refractivity contribution < 1.29 is 4.79 Å². The first-order valence-corrected chi connectivity index (χ1v) is 8.12. The van der Waals surface area contributed by atoms with Crippen molar-refractivity contribution in [2.75, 3.05) is 26.7 Å². The molecule has 1 fully saturated rings. The molecule has 2 heterocycles. The molecule has 24 heavy (non-hydrogen) atoms. The van der Waals surface area contributed by atoms with Gasteiger partial charge in [0.05, 0.1) is 6.54 Å². The molecule has 1 aromatic carbocycles. The van der Waals surface area contributed by atoms with E-state index < -0.39 is 0 Å². The fourth-order valence-corrected chi connectivity index (χ4v) is 3.15. The van der Waals surface area contributed by atoms with E-state index in [0.717, 1.165) is 43.6 Å². The average molecular weight is 350 g/mol. The molecule has 0 spiro atoms. The van der Waals surface area contributed by atoms with E-state index in [2.05, 4.69) is 15.4 Å². The molecular weight excluding hydrogens is 326 g/mol. The van der Waals surface area contributed by atoms with E-state index in [0.29, 0.717) is 12.5 Å². The lowest BCUT2D eigenvalue weighted by Crippen LogP contribution is -2.40. The molecule has 0 radical (unpaired) electrons. The number of carbonyl (C=O) groups excluding carboxylic acids is 1. The minimum atomic E-state index is 0. The minimum absolute atomic E-state index is 0. The second kappa shape index (κ2) is 8.80. The molecule has 1 amide bonds. The smallest absolute Gasteiger partial charge is 0.254 e. The fraction of sp³-hybridized carbons (Fsp3) is 0.471. The van der Waals surface area contributed by atoms with Gasteiger partial charge in [-0.2, -0.15) is 5.10 Å². The first kappa shape index (κ1) is 18.4. The van der Waals surface area contributed by atoms with Crippen molar-refractivity contribution in [3.05, 3.63) is 48.0 Å². The second-order valence-electron chi connectivity index (χ2n) is 6.04. The summed E-state index contributed by atoms with van der Waals surface area (Å²) in [5, 5.41) is 7.36. The van der Waals surface area contributed by atoms with Crippen molar-refractivity contribution in [1.82, 2.24) is 25.0 Å². The number of likely N-dealkylation sites (tertiary alicyclic amines) is 1. The lowest BCUT2D eigenvalue weighted by atomic mass is 9.96. The maximum atomic E-state index is 12.9. The van der Waals surface area contributed by atoms with Crippen LogP contribution in [0.25, 0.3) is 0 Å². The Morgan fingerprint density at radius 1 is 1.29 bits per heavy atom. The van der Waals surface area contributed by atoms with Crippen LogP contribution in [0, 0.1) is 5.92 Å². The quantitative estimate of drug-likeness (QED) is 0.894. The predicted molar refractivity (Wildman–Crippen MR) is 95.4 cm³/mol. The third kappa shape index (κ3) is 4.33. The summed E-state index contributed by atoms with van der Waals surface area (Å²) in [5.41, 5.74) is 1.76. The van der Waals surface area contributed by atoms with Crippen LogP contribution in [0.5, 0.6) is 0 Å². The van der Waals surface area contributed by atoms with Crippen molar-refractivity contribution >= 4 is 18.3 Å². The maximum absolute atomic E-state index is 12.9. The van der Waals surface area contributed by atoms with Crippen LogP contribution in [0.2, 0.25) is 0 Å². The number of aromatic nitrogens is 3. The molecule has 6 nitrogen and oxygen atoms in total. The Hall–Kier alpha value is -1.92. The third-order valence-corrected chi connectivity index (χ3v) is 4.44. The second-order valence-corrected chi connectivity index (χ2v) is 6.04. The van der Waals surface area contributed by atoms with Crippen molar-refractivity contribution in [3.63, 3.8) is 0 Å². The molecule has 0 unspecified atom stereocenters. The van der Waals surface area contributed by atoms with Gasteiger partial charge in [0.1, 0.15) is 12.7 Å². The Balaban J connectivity index is 0.00000208. The number of nitrogens with one attached hydrogen (secondary N) is 1. The zero-order valence-electron chi connectivity index (χ0n) is 13.9. The molecule has 7 heteroatoms. The van der Waals surface area contributed by atoms with Gasteiger partial charge in [0.2, 0.25) is 0 Å². The van der Waals surface area contributed by atoms with Crippen LogP contribution < -0.4 is 5.32 Å². The minimum Gasteiger partial charge on any atom is -0.339 e. The number of benzene rings is 1. The number of piperidine rings is 1. The third-order valence-electron chi connectivity index (χ3n) is 4.44. The first-order chi connectivity index (χ1) is 11.3. The Labute approximate surface area is 148 Å². The van der Waals surface area contributed by atoms with Gasteiger partial charge < -0.3 is 10.2 Å². The van der Waals surface area contributed by atoms with Gasteiger partial charge in [0.25, 0.3) is 5.91 Å². The molecule has 1 aliphatic rings. The zero-order valence-corrected chi connectivity index (χ0v) is 14.7. The average Bonchev–Trinajstić information content (AvgIpc) is 3.09. The standard InChI is InChI=1S/C17H23N5O.ClH/c1-18-10-14-6-8-21(9-7-14)17(23)16-5-3-2-4-15(16)11-22-13-19-12-20-22;/h2-5,12-14,18H,6-11H2,1H3;1H. The van der Waals surface area contributed by atoms with Gasteiger partial charge in [0.15, 0.2) is 0 Å². The van der Waals surface area contributed by atoms with Gasteiger partial charge in [-0.15, -0.1) is 12.4 Å².